The van der Waals surface area contributed by atoms with Gasteiger partial charge in [-0.1, -0.05) is 39.7 Å². The Balaban J connectivity index is 1.84. The molecule has 1 aromatic rings. The van der Waals surface area contributed by atoms with Crippen LogP contribution in [0.3, 0.4) is 0 Å². The van der Waals surface area contributed by atoms with Gasteiger partial charge in [-0.2, -0.15) is 0 Å². The molecule has 1 fully saturated rings. The van der Waals surface area contributed by atoms with Crippen LogP contribution >= 0.6 is 0 Å². The first-order chi connectivity index (χ1) is 10.0. The third-order valence-corrected chi connectivity index (χ3v) is 4.54. The number of nitrogens with zero attached hydrogens (tertiary/aromatic N) is 2. The Labute approximate surface area is 130 Å². The predicted octanol–water partition coefficient (Wildman–Crippen LogP) is 3.59. The summed E-state index contributed by atoms with van der Waals surface area (Å²) >= 11 is 0. The number of pyridine rings is 1. The minimum atomic E-state index is 0.518. The van der Waals surface area contributed by atoms with Crippen LogP contribution in [0.2, 0.25) is 0 Å². The van der Waals surface area contributed by atoms with E-state index in [1.807, 2.05) is 6.20 Å². The van der Waals surface area contributed by atoms with Crippen molar-refractivity contribution in [1.29, 1.82) is 0 Å². The van der Waals surface area contributed by atoms with Crippen LogP contribution in [0, 0.1) is 5.92 Å². The molecule has 3 heteroatoms. The SMILES string of the molecule is CC1CCCC(N(C)Cc2ccc(CNC(C)C)cn2)C1. The molecule has 1 aromatic heterocycles. The van der Waals surface area contributed by atoms with Gasteiger partial charge in [0.15, 0.2) is 0 Å². The van der Waals surface area contributed by atoms with E-state index in [-0.39, 0.29) is 0 Å². The summed E-state index contributed by atoms with van der Waals surface area (Å²) < 4.78 is 0. The topological polar surface area (TPSA) is 28.2 Å². The van der Waals surface area contributed by atoms with Crippen LogP contribution in [0.5, 0.6) is 0 Å². The summed E-state index contributed by atoms with van der Waals surface area (Å²) in [6.45, 7) is 8.59. The van der Waals surface area contributed by atoms with Gasteiger partial charge in [-0.05, 0) is 37.4 Å². The van der Waals surface area contributed by atoms with Gasteiger partial charge in [0.05, 0.1) is 5.69 Å². The molecule has 118 valence electrons. The molecule has 0 saturated heterocycles. The van der Waals surface area contributed by atoms with E-state index in [9.17, 15) is 0 Å². The summed E-state index contributed by atoms with van der Waals surface area (Å²) in [6.07, 6.45) is 7.48. The Bertz CT molecular complexity index is 413. The molecule has 0 aliphatic heterocycles. The first-order valence-corrected chi connectivity index (χ1v) is 8.42. The van der Waals surface area contributed by atoms with Gasteiger partial charge in [0, 0.05) is 31.4 Å². The van der Waals surface area contributed by atoms with E-state index in [1.165, 1.54) is 36.9 Å². The molecule has 1 heterocycles. The molecule has 1 aliphatic rings. The van der Waals surface area contributed by atoms with Gasteiger partial charge in [0.25, 0.3) is 0 Å². The van der Waals surface area contributed by atoms with Gasteiger partial charge in [0.1, 0.15) is 0 Å². The maximum atomic E-state index is 4.63. The molecule has 1 N–H and O–H groups in total. The normalized spacial score (nSPS) is 23.0. The van der Waals surface area contributed by atoms with Crippen molar-refractivity contribution >= 4 is 0 Å². The van der Waals surface area contributed by atoms with Gasteiger partial charge in [-0.25, -0.2) is 0 Å². The van der Waals surface area contributed by atoms with E-state index in [0.29, 0.717) is 6.04 Å². The molecule has 2 atom stereocenters. The van der Waals surface area contributed by atoms with Crippen LogP contribution in [0.4, 0.5) is 0 Å². The second-order valence-corrected chi connectivity index (χ2v) is 7.03. The van der Waals surface area contributed by atoms with Crippen molar-refractivity contribution in [3.05, 3.63) is 29.6 Å². The molecule has 0 amide bonds. The molecule has 0 spiro atoms. The summed E-state index contributed by atoms with van der Waals surface area (Å²) in [4.78, 5) is 7.12. The van der Waals surface area contributed by atoms with Crippen molar-refractivity contribution < 1.29 is 0 Å². The molecular weight excluding hydrogens is 258 g/mol. The average molecular weight is 289 g/mol. The molecule has 2 rings (SSSR count). The van der Waals surface area contributed by atoms with Crippen LogP contribution in [-0.4, -0.2) is 29.0 Å². The van der Waals surface area contributed by atoms with Crippen LogP contribution < -0.4 is 5.32 Å². The fourth-order valence-corrected chi connectivity index (χ4v) is 3.16. The Morgan fingerprint density at radius 3 is 2.76 bits per heavy atom. The smallest absolute Gasteiger partial charge is 0.0544 e. The molecule has 0 aromatic carbocycles. The standard InChI is InChI=1S/C18H31N3/c1-14(2)19-11-16-8-9-17(20-12-16)13-21(4)18-7-5-6-15(3)10-18/h8-9,12,14-15,18-19H,5-7,10-11,13H2,1-4H3. The summed E-state index contributed by atoms with van der Waals surface area (Å²) in [6, 6.07) is 5.64. The summed E-state index contributed by atoms with van der Waals surface area (Å²) in [7, 11) is 2.25. The van der Waals surface area contributed by atoms with E-state index < -0.39 is 0 Å². The first-order valence-electron chi connectivity index (χ1n) is 8.42. The van der Waals surface area contributed by atoms with Crippen molar-refractivity contribution in [2.45, 2.75) is 71.6 Å². The van der Waals surface area contributed by atoms with Crippen LogP contribution in [0.15, 0.2) is 18.3 Å². The van der Waals surface area contributed by atoms with E-state index in [2.05, 4.69) is 55.2 Å². The van der Waals surface area contributed by atoms with Crippen molar-refractivity contribution in [3.63, 3.8) is 0 Å². The second-order valence-electron chi connectivity index (χ2n) is 7.03. The highest BCUT2D eigenvalue weighted by Gasteiger charge is 2.22. The number of hydrogen-bond donors (Lipinski definition) is 1. The lowest BCUT2D eigenvalue weighted by Gasteiger charge is -2.34. The zero-order chi connectivity index (χ0) is 15.2. The summed E-state index contributed by atoms with van der Waals surface area (Å²) in [5, 5.41) is 3.43. The molecule has 3 nitrogen and oxygen atoms in total. The molecule has 0 bridgehead atoms. The van der Waals surface area contributed by atoms with Gasteiger partial charge < -0.3 is 5.32 Å². The fraction of sp³-hybridized carbons (Fsp3) is 0.722. The van der Waals surface area contributed by atoms with E-state index in [0.717, 1.165) is 25.0 Å². The van der Waals surface area contributed by atoms with Gasteiger partial charge in [-0.15, -0.1) is 0 Å². The summed E-state index contributed by atoms with van der Waals surface area (Å²) in [5.74, 6) is 0.878. The molecular formula is C18H31N3. The van der Waals surface area contributed by atoms with E-state index in [4.69, 9.17) is 0 Å². The Morgan fingerprint density at radius 2 is 2.14 bits per heavy atom. The zero-order valence-electron chi connectivity index (χ0n) is 14.1. The van der Waals surface area contributed by atoms with E-state index in [1.54, 1.807) is 0 Å². The quantitative estimate of drug-likeness (QED) is 0.867. The minimum absolute atomic E-state index is 0.518. The van der Waals surface area contributed by atoms with Crippen LogP contribution in [0.1, 0.15) is 57.7 Å². The van der Waals surface area contributed by atoms with E-state index >= 15 is 0 Å². The zero-order valence-corrected chi connectivity index (χ0v) is 14.1. The Hall–Kier alpha value is -0.930. The Kier molecular flexibility index (Phi) is 6.19. The van der Waals surface area contributed by atoms with Gasteiger partial charge in [0.2, 0.25) is 0 Å². The highest BCUT2D eigenvalue weighted by atomic mass is 15.1. The maximum absolute atomic E-state index is 4.63. The molecule has 21 heavy (non-hydrogen) atoms. The largest absolute Gasteiger partial charge is 0.310 e. The lowest BCUT2D eigenvalue weighted by Crippen LogP contribution is -2.35. The Morgan fingerprint density at radius 1 is 1.33 bits per heavy atom. The van der Waals surface area contributed by atoms with Gasteiger partial charge in [-0.3, -0.25) is 9.88 Å². The lowest BCUT2D eigenvalue weighted by atomic mass is 9.86. The number of hydrogen-bond acceptors (Lipinski definition) is 3. The molecule has 1 aliphatic carbocycles. The number of aromatic nitrogens is 1. The molecule has 2 unspecified atom stereocenters. The van der Waals surface area contributed by atoms with Crippen molar-refractivity contribution in [2.24, 2.45) is 5.92 Å². The molecule has 0 radical (unpaired) electrons. The van der Waals surface area contributed by atoms with Crippen molar-refractivity contribution in [3.8, 4) is 0 Å². The second kappa shape index (κ2) is 7.90. The third-order valence-electron chi connectivity index (χ3n) is 4.54. The first kappa shape index (κ1) is 16.4. The van der Waals surface area contributed by atoms with Crippen LogP contribution in [0.25, 0.3) is 0 Å². The molecule has 1 saturated carbocycles. The highest BCUT2D eigenvalue weighted by Crippen LogP contribution is 2.27. The van der Waals surface area contributed by atoms with Crippen molar-refractivity contribution in [2.75, 3.05) is 7.05 Å². The third kappa shape index (κ3) is 5.40. The lowest BCUT2D eigenvalue weighted by molar-refractivity contribution is 0.156. The van der Waals surface area contributed by atoms with Crippen molar-refractivity contribution in [1.82, 2.24) is 15.2 Å². The fourth-order valence-electron chi connectivity index (χ4n) is 3.16. The van der Waals surface area contributed by atoms with Gasteiger partial charge >= 0.3 is 0 Å². The maximum Gasteiger partial charge on any atom is 0.0544 e. The van der Waals surface area contributed by atoms with Crippen LogP contribution in [-0.2, 0) is 13.1 Å². The predicted molar refractivity (Wildman–Crippen MR) is 89.1 cm³/mol. The average Bonchev–Trinajstić information content (AvgIpc) is 2.46. The monoisotopic (exact) mass is 289 g/mol. The highest BCUT2D eigenvalue weighted by molar-refractivity contribution is 5.14. The minimum Gasteiger partial charge on any atom is -0.310 e. The number of rotatable bonds is 6. The number of nitrogens with one attached hydrogen (secondary N) is 1. The summed E-state index contributed by atoms with van der Waals surface area (Å²) in [5.41, 5.74) is 2.45.